The van der Waals surface area contributed by atoms with Gasteiger partial charge in [-0.1, -0.05) is 30.3 Å². The molecule has 6 nitrogen and oxygen atoms in total. The third-order valence-electron chi connectivity index (χ3n) is 3.63. The summed E-state index contributed by atoms with van der Waals surface area (Å²) in [6.07, 6.45) is 0.125. The van der Waals surface area contributed by atoms with Gasteiger partial charge in [0.1, 0.15) is 6.61 Å². The van der Waals surface area contributed by atoms with Gasteiger partial charge >= 0.3 is 12.1 Å². The third-order valence-corrected chi connectivity index (χ3v) is 3.63. The number of esters is 1. The first-order valence-electron chi connectivity index (χ1n) is 6.91. The normalized spacial score (nSPS) is 21.7. The molecule has 1 heterocycles. The number of hydrogen-bond donors (Lipinski definition) is 1. The Morgan fingerprint density at radius 3 is 2.71 bits per heavy atom. The molecule has 1 aromatic carbocycles. The highest BCUT2D eigenvalue weighted by molar-refractivity contribution is 5.75. The molecule has 0 spiro atoms. The molecule has 1 aliphatic rings. The van der Waals surface area contributed by atoms with Gasteiger partial charge in [0.15, 0.2) is 0 Å². The fourth-order valence-electron chi connectivity index (χ4n) is 2.35. The fourth-order valence-corrected chi connectivity index (χ4v) is 2.35. The summed E-state index contributed by atoms with van der Waals surface area (Å²) in [5.74, 6) is -0.879. The van der Waals surface area contributed by atoms with E-state index in [1.165, 1.54) is 12.0 Å². The first-order chi connectivity index (χ1) is 10.1. The lowest BCUT2D eigenvalue weighted by atomic mass is 9.93. The molecule has 2 atom stereocenters. The molecule has 1 aliphatic heterocycles. The number of ether oxygens (including phenoxy) is 2. The highest BCUT2D eigenvalue weighted by Crippen LogP contribution is 2.18. The van der Waals surface area contributed by atoms with Crippen molar-refractivity contribution in [2.45, 2.75) is 19.1 Å². The molecule has 1 aromatic rings. The summed E-state index contributed by atoms with van der Waals surface area (Å²) in [5.41, 5.74) is 6.82. The van der Waals surface area contributed by atoms with Crippen LogP contribution >= 0.6 is 0 Å². The van der Waals surface area contributed by atoms with Crippen molar-refractivity contribution >= 4 is 12.1 Å². The van der Waals surface area contributed by atoms with Gasteiger partial charge in [0.05, 0.1) is 13.0 Å². The number of methoxy groups -OCH3 is 1. The summed E-state index contributed by atoms with van der Waals surface area (Å²) >= 11 is 0. The van der Waals surface area contributed by atoms with E-state index in [9.17, 15) is 9.59 Å². The second kappa shape index (κ2) is 7.08. The first kappa shape index (κ1) is 15.3. The number of amides is 1. The molecule has 0 radical (unpaired) electrons. The highest BCUT2D eigenvalue weighted by Gasteiger charge is 2.35. The zero-order chi connectivity index (χ0) is 15.2. The van der Waals surface area contributed by atoms with Gasteiger partial charge in [-0.3, -0.25) is 4.79 Å². The van der Waals surface area contributed by atoms with Crippen LogP contribution in [0.2, 0.25) is 0 Å². The second-order valence-electron chi connectivity index (χ2n) is 5.07. The van der Waals surface area contributed by atoms with E-state index in [0.717, 1.165) is 5.56 Å². The SMILES string of the molecule is COC(=O)[C@@H]1CN(C(=O)OCc2ccccc2)CC[C@@H]1N. The number of benzene rings is 1. The summed E-state index contributed by atoms with van der Waals surface area (Å²) in [5, 5.41) is 0. The lowest BCUT2D eigenvalue weighted by Crippen LogP contribution is -2.52. The Bertz CT molecular complexity index is 492. The van der Waals surface area contributed by atoms with Gasteiger partial charge in [0.25, 0.3) is 0 Å². The van der Waals surface area contributed by atoms with Crippen molar-refractivity contribution in [3.63, 3.8) is 0 Å². The van der Waals surface area contributed by atoms with Gasteiger partial charge < -0.3 is 20.1 Å². The van der Waals surface area contributed by atoms with E-state index in [2.05, 4.69) is 0 Å². The number of piperidine rings is 1. The summed E-state index contributed by atoms with van der Waals surface area (Å²) in [7, 11) is 1.32. The van der Waals surface area contributed by atoms with Crippen LogP contribution in [0.5, 0.6) is 0 Å². The molecule has 2 rings (SSSR count). The number of nitrogens with two attached hydrogens (primary N) is 1. The number of likely N-dealkylation sites (tertiary alicyclic amines) is 1. The Hall–Kier alpha value is -2.08. The molecule has 0 aliphatic carbocycles. The van der Waals surface area contributed by atoms with Crippen LogP contribution in [0, 0.1) is 5.92 Å². The van der Waals surface area contributed by atoms with Gasteiger partial charge in [-0.05, 0) is 12.0 Å². The molecule has 0 saturated carbocycles. The lowest BCUT2D eigenvalue weighted by molar-refractivity contribution is -0.147. The van der Waals surface area contributed by atoms with Crippen molar-refractivity contribution in [1.82, 2.24) is 4.90 Å². The number of hydrogen-bond acceptors (Lipinski definition) is 5. The van der Waals surface area contributed by atoms with E-state index in [1.54, 1.807) is 0 Å². The van der Waals surface area contributed by atoms with E-state index in [0.29, 0.717) is 13.0 Å². The van der Waals surface area contributed by atoms with Crippen molar-refractivity contribution in [1.29, 1.82) is 0 Å². The quantitative estimate of drug-likeness (QED) is 0.845. The highest BCUT2D eigenvalue weighted by atomic mass is 16.6. The molecule has 6 heteroatoms. The van der Waals surface area contributed by atoms with Crippen molar-refractivity contribution in [2.75, 3.05) is 20.2 Å². The maximum atomic E-state index is 12.0. The molecule has 1 amide bonds. The van der Waals surface area contributed by atoms with E-state index >= 15 is 0 Å². The van der Waals surface area contributed by atoms with Gasteiger partial charge in [0.2, 0.25) is 0 Å². The van der Waals surface area contributed by atoms with Crippen molar-refractivity contribution in [3.05, 3.63) is 35.9 Å². The van der Waals surface area contributed by atoms with Gasteiger partial charge in [0, 0.05) is 19.1 Å². The molecule has 2 N–H and O–H groups in total. The zero-order valence-corrected chi connectivity index (χ0v) is 12.0. The summed E-state index contributed by atoms with van der Waals surface area (Å²) in [6, 6.07) is 9.16. The standard InChI is InChI=1S/C15H20N2O4/c1-20-14(18)12-9-17(8-7-13(12)16)15(19)21-10-11-5-3-2-4-6-11/h2-6,12-13H,7-10,16H2,1H3/t12-,13+/m1/s1. The second-order valence-corrected chi connectivity index (χ2v) is 5.07. The number of nitrogens with zero attached hydrogens (tertiary/aromatic N) is 1. The van der Waals surface area contributed by atoms with Crippen LogP contribution in [0.1, 0.15) is 12.0 Å². The molecular weight excluding hydrogens is 272 g/mol. The Morgan fingerprint density at radius 1 is 1.33 bits per heavy atom. The minimum atomic E-state index is -0.493. The average molecular weight is 292 g/mol. The summed E-state index contributed by atoms with van der Waals surface area (Å²) in [6.45, 7) is 0.939. The van der Waals surface area contributed by atoms with E-state index in [4.69, 9.17) is 15.2 Å². The molecular formula is C15H20N2O4. The van der Waals surface area contributed by atoms with Crippen LogP contribution in [0.3, 0.4) is 0 Å². The van der Waals surface area contributed by atoms with Crippen LogP contribution < -0.4 is 5.73 Å². The van der Waals surface area contributed by atoms with E-state index < -0.39 is 12.0 Å². The number of carbonyl (C=O) groups is 2. The largest absolute Gasteiger partial charge is 0.469 e. The maximum absolute atomic E-state index is 12.0. The Morgan fingerprint density at radius 2 is 2.05 bits per heavy atom. The van der Waals surface area contributed by atoms with Crippen LogP contribution in [0.25, 0.3) is 0 Å². The van der Waals surface area contributed by atoms with Crippen LogP contribution in [0.15, 0.2) is 30.3 Å². The number of rotatable bonds is 3. The van der Waals surface area contributed by atoms with Crippen molar-refractivity contribution in [2.24, 2.45) is 11.7 Å². The van der Waals surface area contributed by atoms with Gasteiger partial charge in [-0.15, -0.1) is 0 Å². The summed E-state index contributed by atoms with van der Waals surface area (Å²) in [4.78, 5) is 25.2. The van der Waals surface area contributed by atoms with E-state index in [-0.39, 0.29) is 25.2 Å². The maximum Gasteiger partial charge on any atom is 0.410 e. The average Bonchev–Trinajstić information content (AvgIpc) is 2.53. The Kier molecular flexibility index (Phi) is 5.16. The smallest absolute Gasteiger partial charge is 0.410 e. The molecule has 1 saturated heterocycles. The van der Waals surface area contributed by atoms with Gasteiger partial charge in [-0.2, -0.15) is 0 Å². The monoisotopic (exact) mass is 292 g/mol. The lowest BCUT2D eigenvalue weighted by Gasteiger charge is -2.34. The van der Waals surface area contributed by atoms with Crippen LogP contribution in [0.4, 0.5) is 4.79 Å². The Balaban J connectivity index is 1.89. The van der Waals surface area contributed by atoms with Crippen molar-refractivity contribution < 1.29 is 19.1 Å². The molecule has 0 aromatic heterocycles. The molecule has 21 heavy (non-hydrogen) atoms. The zero-order valence-electron chi connectivity index (χ0n) is 12.0. The minimum Gasteiger partial charge on any atom is -0.469 e. The molecule has 1 fully saturated rings. The fraction of sp³-hybridized carbons (Fsp3) is 0.467. The predicted molar refractivity (Wildman–Crippen MR) is 76.3 cm³/mol. The van der Waals surface area contributed by atoms with Crippen molar-refractivity contribution in [3.8, 4) is 0 Å². The molecule has 0 bridgehead atoms. The van der Waals surface area contributed by atoms with Crippen LogP contribution in [-0.4, -0.2) is 43.2 Å². The Labute approximate surface area is 123 Å². The third kappa shape index (κ3) is 3.95. The minimum absolute atomic E-state index is 0.213. The van der Waals surface area contributed by atoms with E-state index in [1.807, 2.05) is 30.3 Å². The van der Waals surface area contributed by atoms with Crippen LogP contribution in [-0.2, 0) is 20.9 Å². The number of carbonyl (C=O) groups excluding carboxylic acids is 2. The van der Waals surface area contributed by atoms with Gasteiger partial charge in [-0.25, -0.2) is 4.79 Å². The molecule has 114 valence electrons. The topological polar surface area (TPSA) is 81.9 Å². The summed E-state index contributed by atoms with van der Waals surface area (Å²) < 4.78 is 9.98. The predicted octanol–water partition coefficient (Wildman–Crippen LogP) is 1.15. The molecule has 0 unspecified atom stereocenters. The first-order valence-corrected chi connectivity index (χ1v) is 6.91.